The molecule has 0 aliphatic heterocycles. The Kier molecular flexibility index (Phi) is 6.34. The number of rotatable bonds is 6. The Hall–Kier alpha value is -2.14. The number of carbonyl (C=O) groups excluding carboxylic acids is 2. The van der Waals surface area contributed by atoms with Gasteiger partial charge in [-0.05, 0) is 49.3 Å². The van der Waals surface area contributed by atoms with E-state index in [1.807, 2.05) is 52.7 Å². The summed E-state index contributed by atoms with van der Waals surface area (Å²) in [6, 6.07) is 14.0. The maximum Gasteiger partial charge on any atom is 0.246 e. The molecule has 1 aromatic carbocycles. The number of amides is 2. The van der Waals surface area contributed by atoms with E-state index in [-0.39, 0.29) is 17.9 Å². The van der Waals surface area contributed by atoms with Gasteiger partial charge in [0.1, 0.15) is 5.54 Å². The predicted octanol–water partition coefficient (Wildman–Crippen LogP) is 5.09. The second kappa shape index (κ2) is 9.12. The normalized spacial score (nSPS) is 19.0. The summed E-state index contributed by atoms with van der Waals surface area (Å²) in [4.78, 5) is 30.2. The van der Waals surface area contributed by atoms with Crippen LogP contribution < -0.4 is 10.2 Å². The van der Waals surface area contributed by atoms with Crippen molar-refractivity contribution in [2.45, 2.75) is 75.8 Å². The third-order valence-electron chi connectivity index (χ3n) is 6.39. The van der Waals surface area contributed by atoms with Crippen LogP contribution in [0.3, 0.4) is 0 Å². The number of hydrogen-bond acceptors (Lipinski definition) is 3. The Labute approximate surface area is 177 Å². The molecule has 0 spiro atoms. The van der Waals surface area contributed by atoms with Crippen LogP contribution in [0.2, 0.25) is 0 Å². The molecule has 4 nitrogen and oxygen atoms in total. The van der Waals surface area contributed by atoms with E-state index in [1.165, 1.54) is 12.8 Å². The molecule has 2 amide bonds. The number of hydrogen-bond donors (Lipinski definition) is 1. The molecule has 0 atom stereocenters. The van der Waals surface area contributed by atoms with Crippen LogP contribution in [-0.2, 0) is 16.0 Å². The molecule has 1 N–H and O–H groups in total. The first-order valence-electron chi connectivity index (χ1n) is 10.9. The molecule has 0 saturated heterocycles. The van der Waals surface area contributed by atoms with Gasteiger partial charge in [0, 0.05) is 16.6 Å². The predicted molar refractivity (Wildman–Crippen MR) is 118 cm³/mol. The highest BCUT2D eigenvalue weighted by atomic mass is 32.1. The monoisotopic (exact) mass is 410 g/mol. The topological polar surface area (TPSA) is 49.4 Å². The van der Waals surface area contributed by atoms with Crippen LogP contribution in [0, 0.1) is 0 Å². The number of carbonyl (C=O) groups is 2. The standard InChI is InChI=1S/C24H30N2O2S/c27-22(18-21-14-9-17-29-21)26(20-12-3-1-4-13-20)24(15-7-2-8-16-24)23(28)25-19-10-5-6-11-19/h1,3-4,9,12-14,17,19H,2,5-8,10-11,15-16,18H2,(H,25,28). The number of nitrogens with one attached hydrogen (secondary N) is 1. The molecule has 5 heteroatoms. The average molecular weight is 411 g/mol. The third kappa shape index (κ3) is 4.40. The molecule has 2 aromatic rings. The lowest BCUT2D eigenvalue weighted by molar-refractivity contribution is -0.132. The zero-order chi connectivity index (χ0) is 20.1. The fourth-order valence-corrected chi connectivity index (χ4v) is 5.62. The second-order valence-electron chi connectivity index (χ2n) is 8.37. The van der Waals surface area contributed by atoms with Gasteiger partial charge in [-0.15, -0.1) is 11.3 Å². The summed E-state index contributed by atoms with van der Waals surface area (Å²) in [5, 5.41) is 5.32. The number of nitrogens with zero attached hydrogens (tertiary/aromatic N) is 1. The first kappa shape index (κ1) is 20.1. The maximum atomic E-state index is 13.7. The van der Waals surface area contributed by atoms with E-state index in [4.69, 9.17) is 0 Å². The van der Waals surface area contributed by atoms with Gasteiger partial charge in [-0.2, -0.15) is 0 Å². The van der Waals surface area contributed by atoms with Crippen LogP contribution in [0.5, 0.6) is 0 Å². The first-order valence-corrected chi connectivity index (χ1v) is 11.8. The summed E-state index contributed by atoms with van der Waals surface area (Å²) in [6.45, 7) is 0. The highest BCUT2D eigenvalue weighted by Gasteiger charge is 2.48. The molecule has 0 unspecified atom stereocenters. The highest BCUT2D eigenvalue weighted by molar-refractivity contribution is 7.10. The minimum atomic E-state index is -0.781. The van der Waals surface area contributed by atoms with E-state index >= 15 is 0 Å². The van der Waals surface area contributed by atoms with E-state index in [9.17, 15) is 9.59 Å². The molecular weight excluding hydrogens is 380 g/mol. The zero-order valence-corrected chi connectivity index (χ0v) is 17.8. The van der Waals surface area contributed by atoms with E-state index in [0.717, 1.165) is 55.5 Å². The van der Waals surface area contributed by atoms with E-state index in [2.05, 4.69) is 5.32 Å². The Balaban J connectivity index is 1.69. The Bertz CT molecular complexity index is 807. The molecule has 154 valence electrons. The molecular formula is C24H30N2O2S. The summed E-state index contributed by atoms with van der Waals surface area (Å²) in [5.74, 6) is 0.0644. The van der Waals surface area contributed by atoms with Crippen LogP contribution >= 0.6 is 11.3 Å². The number of benzene rings is 1. The van der Waals surface area contributed by atoms with Crippen molar-refractivity contribution < 1.29 is 9.59 Å². The van der Waals surface area contributed by atoms with Gasteiger partial charge in [-0.25, -0.2) is 0 Å². The summed E-state index contributed by atoms with van der Waals surface area (Å²) in [5.41, 5.74) is 0.0498. The van der Waals surface area contributed by atoms with Crippen molar-refractivity contribution in [3.63, 3.8) is 0 Å². The van der Waals surface area contributed by atoms with Gasteiger partial charge in [0.25, 0.3) is 0 Å². The van der Waals surface area contributed by atoms with Crippen molar-refractivity contribution in [2.75, 3.05) is 4.90 Å². The van der Waals surface area contributed by atoms with Crippen LogP contribution in [0.15, 0.2) is 47.8 Å². The molecule has 2 fully saturated rings. The molecule has 29 heavy (non-hydrogen) atoms. The molecule has 1 aromatic heterocycles. The quantitative estimate of drug-likeness (QED) is 0.721. The Morgan fingerprint density at radius 3 is 2.34 bits per heavy atom. The van der Waals surface area contributed by atoms with Gasteiger partial charge in [0.15, 0.2) is 0 Å². The smallest absolute Gasteiger partial charge is 0.246 e. The maximum absolute atomic E-state index is 13.7. The second-order valence-corrected chi connectivity index (χ2v) is 9.40. The molecule has 0 radical (unpaired) electrons. The van der Waals surface area contributed by atoms with Gasteiger partial charge in [-0.1, -0.05) is 56.4 Å². The van der Waals surface area contributed by atoms with Gasteiger partial charge < -0.3 is 5.32 Å². The Morgan fingerprint density at radius 2 is 1.69 bits per heavy atom. The van der Waals surface area contributed by atoms with E-state index in [1.54, 1.807) is 11.3 Å². The molecule has 2 aliphatic carbocycles. The number of para-hydroxylation sites is 1. The van der Waals surface area contributed by atoms with Crippen molar-refractivity contribution in [1.82, 2.24) is 5.32 Å². The van der Waals surface area contributed by atoms with E-state index < -0.39 is 5.54 Å². The van der Waals surface area contributed by atoms with Crippen LogP contribution in [-0.4, -0.2) is 23.4 Å². The average Bonchev–Trinajstić information content (AvgIpc) is 3.44. The van der Waals surface area contributed by atoms with Crippen molar-refractivity contribution in [2.24, 2.45) is 0 Å². The summed E-state index contributed by atoms with van der Waals surface area (Å²) in [7, 11) is 0. The fraction of sp³-hybridized carbons (Fsp3) is 0.500. The molecule has 2 aliphatic rings. The van der Waals surface area contributed by atoms with Crippen LogP contribution in [0.4, 0.5) is 5.69 Å². The van der Waals surface area contributed by atoms with Gasteiger partial charge in [-0.3, -0.25) is 14.5 Å². The molecule has 4 rings (SSSR count). The van der Waals surface area contributed by atoms with Crippen molar-refractivity contribution in [3.05, 3.63) is 52.7 Å². The lowest BCUT2D eigenvalue weighted by Gasteiger charge is -2.45. The molecule has 0 bridgehead atoms. The molecule has 1 heterocycles. The van der Waals surface area contributed by atoms with Crippen molar-refractivity contribution in [1.29, 1.82) is 0 Å². The van der Waals surface area contributed by atoms with Crippen molar-refractivity contribution in [3.8, 4) is 0 Å². The molecule has 2 saturated carbocycles. The van der Waals surface area contributed by atoms with Gasteiger partial charge >= 0.3 is 0 Å². The summed E-state index contributed by atoms with van der Waals surface area (Å²) >= 11 is 1.60. The van der Waals surface area contributed by atoms with E-state index in [0.29, 0.717) is 6.42 Å². The largest absolute Gasteiger partial charge is 0.351 e. The minimum absolute atomic E-state index is 0.0159. The summed E-state index contributed by atoms with van der Waals surface area (Å²) < 4.78 is 0. The summed E-state index contributed by atoms with van der Waals surface area (Å²) in [6.07, 6.45) is 9.35. The minimum Gasteiger partial charge on any atom is -0.351 e. The number of thiophene rings is 1. The Morgan fingerprint density at radius 1 is 0.966 bits per heavy atom. The SMILES string of the molecule is O=C(Cc1cccs1)N(c1ccccc1)C1(C(=O)NC2CCCC2)CCCCC1. The third-order valence-corrected chi connectivity index (χ3v) is 7.27. The highest BCUT2D eigenvalue weighted by Crippen LogP contribution is 2.38. The zero-order valence-electron chi connectivity index (χ0n) is 16.9. The van der Waals surface area contributed by atoms with Crippen LogP contribution in [0.25, 0.3) is 0 Å². The van der Waals surface area contributed by atoms with Gasteiger partial charge in [0.2, 0.25) is 11.8 Å². The van der Waals surface area contributed by atoms with Crippen LogP contribution in [0.1, 0.15) is 62.7 Å². The van der Waals surface area contributed by atoms with Crippen molar-refractivity contribution >= 4 is 28.8 Å². The lowest BCUT2D eigenvalue weighted by atomic mass is 9.78. The number of anilines is 1. The fourth-order valence-electron chi connectivity index (χ4n) is 4.93. The van der Waals surface area contributed by atoms with Gasteiger partial charge in [0.05, 0.1) is 6.42 Å². The first-order chi connectivity index (χ1) is 14.2. The lowest BCUT2D eigenvalue weighted by Crippen LogP contribution is -2.63.